The molecule has 0 aromatic heterocycles. The zero-order valence-corrected chi connectivity index (χ0v) is 9.91. The average molecular weight is 382 g/mol. The van der Waals surface area contributed by atoms with Gasteiger partial charge in [0.1, 0.15) is 6.61 Å². The Kier molecular flexibility index (Phi) is 6.50. The van der Waals surface area contributed by atoms with Crippen LogP contribution in [0, 0.1) is 0 Å². The number of hydroxylamine groups is 4. The summed E-state index contributed by atoms with van der Waals surface area (Å²) in [5, 5.41) is -5.60. The molecule has 0 fully saturated rings. The number of nitrogens with zero attached hydrogens (tertiary/aromatic N) is 2. The van der Waals surface area contributed by atoms with Gasteiger partial charge in [-0.05, 0) is 0 Å². The van der Waals surface area contributed by atoms with E-state index < -0.39 is 48.3 Å². The lowest BCUT2D eigenvalue weighted by Gasteiger charge is -2.28. The molecule has 0 heterocycles. The average Bonchev–Trinajstić information content (AvgIpc) is 2.18. The van der Waals surface area contributed by atoms with Crippen LogP contribution in [0.2, 0.25) is 0 Å². The maximum atomic E-state index is 12.7. The summed E-state index contributed by atoms with van der Waals surface area (Å²) in [5.74, 6) is 0. The first-order valence-corrected chi connectivity index (χ1v) is 4.68. The molecule has 0 amide bonds. The molecule has 17 heteroatoms. The van der Waals surface area contributed by atoms with E-state index in [9.17, 15) is 57.1 Å². The zero-order chi connectivity index (χ0) is 18.9. The zero-order valence-electron chi connectivity index (χ0n) is 9.91. The van der Waals surface area contributed by atoms with Gasteiger partial charge in [-0.2, -0.15) is 52.7 Å². The van der Waals surface area contributed by atoms with Gasteiger partial charge in [0.25, 0.3) is 0 Å². The van der Waals surface area contributed by atoms with Gasteiger partial charge in [0.15, 0.2) is 0 Å². The normalized spacial score (nSPS) is 16.3. The molecular weight excluding hydrogens is 379 g/mol. The third-order valence-electron chi connectivity index (χ3n) is 1.48. The monoisotopic (exact) mass is 382 g/mol. The molecule has 0 radical (unpaired) electrons. The van der Waals surface area contributed by atoms with Crippen LogP contribution in [0.4, 0.5) is 57.1 Å². The van der Waals surface area contributed by atoms with Gasteiger partial charge in [0, 0.05) is 10.1 Å². The van der Waals surface area contributed by atoms with Crippen molar-refractivity contribution < 1.29 is 66.8 Å². The van der Waals surface area contributed by atoms with E-state index in [0.717, 1.165) is 0 Å². The van der Waals surface area contributed by atoms with Crippen molar-refractivity contribution in [2.24, 2.45) is 0 Å². The van der Waals surface area contributed by atoms with Gasteiger partial charge in [0.05, 0.1) is 0 Å². The van der Waals surface area contributed by atoms with E-state index in [1.165, 1.54) is 0 Å². The van der Waals surface area contributed by atoms with Crippen molar-refractivity contribution in [1.82, 2.24) is 10.1 Å². The highest BCUT2D eigenvalue weighted by molar-refractivity contribution is 4.55. The molecular formula is C6H3F13N2O2. The predicted octanol–water partition coefficient (Wildman–Crippen LogP) is 3.83. The van der Waals surface area contributed by atoms with Crippen LogP contribution < -0.4 is 0 Å². The Balaban J connectivity index is 4.91. The summed E-state index contributed by atoms with van der Waals surface area (Å²) in [4.78, 5) is 5.37. The summed E-state index contributed by atoms with van der Waals surface area (Å²) < 4.78 is 155. The minimum absolute atomic E-state index is 2.58. The Morgan fingerprint density at radius 1 is 0.609 bits per heavy atom. The van der Waals surface area contributed by atoms with Crippen LogP contribution in [0.1, 0.15) is 0 Å². The summed E-state index contributed by atoms with van der Waals surface area (Å²) in [6, 6.07) is 0. The van der Waals surface area contributed by atoms with E-state index in [1.54, 1.807) is 0 Å². The van der Waals surface area contributed by atoms with E-state index in [2.05, 4.69) is 9.68 Å². The molecule has 140 valence electrons. The summed E-state index contributed by atoms with van der Waals surface area (Å²) >= 11 is 0. The molecule has 0 bridgehead atoms. The topological polar surface area (TPSA) is 24.9 Å². The lowest BCUT2D eigenvalue weighted by Crippen LogP contribution is -2.51. The number of halogens is 13. The van der Waals surface area contributed by atoms with Crippen LogP contribution in [-0.4, -0.2) is 48.3 Å². The maximum Gasteiger partial charge on any atom is 0.490 e. The second kappa shape index (κ2) is 6.81. The fraction of sp³-hybridized carbons (Fsp3) is 1.00. The summed E-state index contributed by atoms with van der Waals surface area (Å²) in [6.07, 6.45) is -29.3. The highest BCUT2D eigenvalue weighted by Gasteiger charge is 2.58. The Hall–Kier alpha value is -1.07. The van der Waals surface area contributed by atoms with E-state index in [4.69, 9.17) is 0 Å². The molecule has 0 aromatic carbocycles. The minimum Gasteiger partial charge on any atom is -0.278 e. The van der Waals surface area contributed by atoms with Gasteiger partial charge in [-0.25, -0.2) is 9.23 Å². The highest BCUT2D eigenvalue weighted by atomic mass is 19.4. The Labute approximate surface area is 116 Å². The molecule has 1 atom stereocenters. The van der Waals surface area contributed by atoms with Crippen molar-refractivity contribution >= 4 is 0 Å². The molecule has 0 rings (SSSR count). The van der Waals surface area contributed by atoms with Crippen molar-refractivity contribution in [2.75, 3.05) is 6.61 Å². The van der Waals surface area contributed by atoms with Crippen molar-refractivity contribution in [1.29, 1.82) is 0 Å². The Morgan fingerprint density at radius 2 is 0.913 bits per heavy atom. The quantitative estimate of drug-likeness (QED) is 0.410. The van der Waals surface area contributed by atoms with Crippen LogP contribution in [-0.2, 0) is 9.68 Å². The van der Waals surface area contributed by atoms with Crippen LogP contribution in [0.25, 0.3) is 0 Å². The van der Waals surface area contributed by atoms with Crippen molar-refractivity contribution in [3.8, 4) is 0 Å². The van der Waals surface area contributed by atoms with E-state index in [0.29, 0.717) is 0 Å². The fourth-order valence-corrected chi connectivity index (χ4v) is 0.831. The minimum atomic E-state index is -6.38. The lowest BCUT2D eigenvalue weighted by molar-refractivity contribution is -0.516. The van der Waals surface area contributed by atoms with Crippen LogP contribution in [0.15, 0.2) is 0 Å². The van der Waals surface area contributed by atoms with Crippen molar-refractivity contribution in [3.63, 3.8) is 0 Å². The van der Waals surface area contributed by atoms with Gasteiger partial charge in [-0.3, -0.25) is 4.84 Å². The molecule has 0 aliphatic rings. The summed E-state index contributed by atoms with van der Waals surface area (Å²) in [6.45, 7) is -2.58. The Bertz CT molecular complexity index is 343. The number of rotatable bonds is 5. The molecule has 0 spiro atoms. The lowest BCUT2D eigenvalue weighted by atomic mass is 10.7. The number of hydrogen-bond donors (Lipinski definition) is 0. The molecule has 1 unspecified atom stereocenters. The van der Waals surface area contributed by atoms with Crippen LogP contribution in [0.5, 0.6) is 0 Å². The maximum absolute atomic E-state index is 12.7. The molecule has 4 nitrogen and oxygen atoms in total. The van der Waals surface area contributed by atoms with Crippen molar-refractivity contribution in [2.45, 2.75) is 31.6 Å². The largest absolute Gasteiger partial charge is 0.490 e. The standard InChI is InChI=1S/C6H3F13N2O2/c7-2(23-21(5(14,15)16)6(17,18)19)1-22-20(3(8,9)10)4(11,12)13/h2H,1H2. The van der Waals surface area contributed by atoms with Crippen LogP contribution in [0.3, 0.4) is 0 Å². The first kappa shape index (κ1) is 21.9. The second-order valence-electron chi connectivity index (χ2n) is 3.27. The molecule has 0 aliphatic carbocycles. The summed E-state index contributed by atoms with van der Waals surface area (Å²) in [5.41, 5.74) is 0. The first-order valence-electron chi connectivity index (χ1n) is 4.68. The van der Waals surface area contributed by atoms with Gasteiger partial charge in [-0.1, -0.05) is 0 Å². The fourth-order valence-electron chi connectivity index (χ4n) is 0.831. The molecule has 0 saturated carbocycles. The predicted molar refractivity (Wildman–Crippen MR) is 39.8 cm³/mol. The third kappa shape index (κ3) is 7.36. The smallest absolute Gasteiger partial charge is 0.278 e. The highest BCUT2D eigenvalue weighted by Crippen LogP contribution is 2.36. The molecule has 0 aliphatic heterocycles. The molecule has 0 saturated heterocycles. The van der Waals surface area contributed by atoms with Gasteiger partial charge in [0.2, 0.25) is 6.36 Å². The molecule has 23 heavy (non-hydrogen) atoms. The van der Waals surface area contributed by atoms with Gasteiger partial charge < -0.3 is 0 Å². The van der Waals surface area contributed by atoms with Gasteiger partial charge >= 0.3 is 25.2 Å². The van der Waals surface area contributed by atoms with Crippen molar-refractivity contribution in [3.05, 3.63) is 0 Å². The second-order valence-corrected chi connectivity index (χ2v) is 3.27. The summed E-state index contributed by atoms with van der Waals surface area (Å²) in [7, 11) is 0. The first-order chi connectivity index (χ1) is 9.87. The SMILES string of the molecule is FC(CON(C(F)(F)F)C(F)(F)F)ON(C(F)(F)F)C(F)(F)F. The third-order valence-corrected chi connectivity index (χ3v) is 1.48. The van der Waals surface area contributed by atoms with Gasteiger partial charge in [-0.15, -0.1) is 0 Å². The molecule has 0 N–H and O–H groups in total. The number of alkyl halides is 13. The molecule has 0 aromatic rings. The van der Waals surface area contributed by atoms with E-state index in [-0.39, 0.29) is 0 Å². The van der Waals surface area contributed by atoms with E-state index in [1.807, 2.05) is 0 Å². The Morgan fingerprint density at radius 3 is 1.17 bits per heavy atom. The van der Waals surface area contributed by atoms with Crippen LogP contribution >= 0.6 is 0 Å². The number of hydrogen-bond acceptors (Lipinski definition) is 4. The van der Waals surface area contributed by atoms with E-state index >= 15 is 0 Å².